The molecule has 0 spiro atoms. The van der Waals surface area contributed by atoms with Gasteiger partial charge in [0, 0.05) is 5.69 Å². The highest BCUT2D eigenvalue weighted by atomic mass is 32.2. The van der Waals surface area contributed by atoms with Crippen LogP contribution in [0.15, 0.2) is 76.4 Å². The summed E-state index contributed by atoms with van der Waals surface area (Å²) >= 11 is 0. The number of anilines is 1. The minimum Gasteiger partial charge on any atom is -0.280 e. The number of benzene rings is 3. The van der Waals surface area contributed by atoms with Crippen LogP contribution in [-0.2, 0) is 10.0 Å². The molecule has 0 saturated carbocycles. The van der Waals surface area contributed by atoms with Crippen LogP contribution in [0.2, 0.25) is 0 Å². The normalized spacial score (nSPS) is 11.6. The minimum absolute atomic E-state index is 0.165. The summed E-state index contributed by atoms with van der Waals surface area (Å²) in [5.74, 6) is 0.558. The molecule has 3 aromatic carbocycles. The van der Waals surface area contributed by atoms with Gasteiger partial charge in [-0.2, -0.15) is 0 Å². The first-order valence-electron chi connectivity index (χ1n) is 9.45. The van der Waals surface area contributed by atoms with Crippen LogP contribution in [0.4, 0.5) is 5.69 Å². The SMILES string of the molecule is Cc1ccc(S(=O)(=O)Nc2ccc(-n3c(C)nc4ccccc4c3=O)cc2)c(C)c1. The molecule has 0 saturated heterocycles. The smallest absolute Gasteiger partial charge is 0.265 e. The Morgan fingerprint density at radius 1 is 0.900 bits per heavy atom. The minimum atomic E-state index is -3.71. The van der Waals surface area contributed by atoms with Crippen LogP contribution in [0.5, 0.6) is 0 Å². The van der Waals surface area contributed by atoms with E-state index in [4.69, 9.17) is 0 Å². The quantitative estimate of drug-likeness (QED) is 0.540. The van der Waals surface area contributed by atoms with Crippen molar-refractivity contribution in [1.29, 1.82) is 0 Å². The molecule has 4 rings (SSSR count). The summed E-state index contributed by atoms with van der Waals surface area (Å²) in [6.45, 7) is 5.46. The van der Waals surface area contributed by atoms with E-state index in [9.17, 15) is 13.2 Å². The van der Waals surface area contributed by atoms with Crippen LogP contribution in [-0.4, -0.2) is 18.0 Å². The van der Waals surface area contributed by atoms with Crippen LogP contribution in [0.25, 0.3) is 16.6 Å². The summed E-state index contributed by atoms with van der Waals surface area (Å²) in [4.78, 5) is 17.7. The molecule has 6 nitrogen and oxygen atoms in total. The van der Waals surface area contributed by atoms with E-state index in [1.54, 1.807) is 68.4 Å². The summed E-state index contributed by atoms with van der Waals surface area (Å²) in [6, 6.07) is 19.1. The molecule has 0 fully saturated rings. The largest absolute Gasteiger partial charge is 0.280 e. The standard InChI is InChI=1S/C23H21N3O3S/c1-15-8-13-22(16(2)14-15)30(28,29)25-18-9-11-19(12-10-18)26-17(3)24-21-7-5-4-6-20(21)23(26)27/h4-14,25H,1-3H3. The molecule has 0 aliphatic rings. The molecule has 1 heterocycles. The van der Waals surface area contributed by atoms with E-state index in [2.05, 4.69) is 9.71 Å². The van der Waals surface area contributed by atoms with E-state index in [0.717, 1.165) is 5.56 Å². The highest BCUT2D eigenvalue weighted by molar-refractivity contribution is 7.92. The second-order valence-corrected chi connectivity index (χ2v) is 8.89. The molecule has 4 aromatic rings. The van der Waals surface area contributed by atoms with Crippen molar-refractivity contribution in [3.05, 3.63) is 94.0 Å². The number of nitrogens with zero attached hydrogens (tertiary/aromatic N) is 2. The van der Waals surface area contributed by atoms with Crippen molar-refractivity contribution in [2.45, 2.75) is 25.7 Å². The molecular formula is C23H21N3O3S. The number of hydrogen-bond acceptors (Lipinski definition) is 4. The predicted octanol–water partition coefficient (Wildman–Crippen LogP) is 4.11. The lowest BCUT2D eigenvalue weighted by atomic mass is 10.2. The van der Waals surface area contributed by atoms with Crippen molar-refractivity contribution in [2.24, 2.45) is 0 Å². The maximum atomic E-state index is 12.9. The van der Waals surface area contributed by atoms with Gasteiger partial charge >= 0.3 is 0 Å². The first-order valence-corrected chi connectivity index (χ1v) is 10.9. The molecule has 1 N–H and O–H groups in total. The van der Waals surface area contributed by atoms with Crippen LogP contribution in [0, 0.1) is 20.8 Å². The van der Waals surface area contributed by atoms with Gasteiger partial charge in [0.25, 0.3) is 15.6 Å². The summed E-state index contributed by atoms with van der Waals surface area (Å²) in [5.41, 5.74) is 3.20. The maximum Gasteiger partial charge on any atom is 0.265 e. The van der Waals surface area contributed by atoms with Crippen molar-refractivity contribution in [2.75, 3.05) is 4.72 Å². The average Bonchev–Trinajstić information content (AvgIpc) is 2.68. The fraction of sp³-hybridized carbons (Fsp3) is 0.130. The number of fused-ring (bicyclic) bond motifs is 1. The number of sulfonamides is 1. The third-order valence-electron chi connectivity index (χ3n) is 4.94. The molecule has 30 heavy (non-hydrogen) atoms. The Kier molecular flexibility index (Phi) is 4.91. The number of hydrogen-bond donors (Lipinski definition) is 1. The van der Waals surface area contributed by atoms with E-state index >= 15 is 0 Å². The molecule has 0 bridgehead atoms. The Morgan fingerprint density at radius 3 is 2.30 bits per heavy atom. The molecule has 0 atom stereocenters. The van der Waals surface area contributed by atoms with Gasteiger partial charge in [-0.3, -0.25) is 14.1 Å². The zero-order valence-corrected chi connectivity index (χ0v) is 17.7. The molecule has 0 aliphatic heterocycles. The predicted molar refractivity (Wildman–Crippen MR) is 119 cm³/mol. The number of aryl methyl sites for hydroxylation is 3. The average molecular weight is 420 g/mol. The molecule has 0 amide bonds. The zero-order valence-electron chi connectivity index (χ0n) is 16.9. The monoisotopic (exact) mass is 419 g/mol. The van der Waals surface area contributed by atoms with Crippen molar-refractivity contribution in [1.82, 2.24) is 9.55 Å². The Labute approximate surface area is 174 Å². The van der Waals surface area contributed by atoms with E-state index < -0.39 is 10.0 Å². The first kappa shape index (κ1) is 19.8. The summed E-state index contributed by atoms with van der Waals surface area (Å²) in [6.07, 6.45) is 0. The Morgan fingerprint density at radius 2 is 1.60 bits per heavy atom. The van der Waals surface area contributed by atoms with Gasteiger partial charge in [0.2, 0.25) is 0 Å². The lowest BCUT2D eigenvalue weighted by Gasteiger charge is -2.13. The van der Waals surface area contributed by atoms with Gasteiger partial charge in [-0.15, -0.1) is 0 Å². The van der Waals surface area contributed by atoms with Crippen molar-refractivity contribution >= 4 is 26.6 Å². The number of aromatic nitrogens is 2. The van der Waals surface area contributed by atoms with Gasteiger partial charge in [0.15, 0.2) is 0 Å². The summed E-state index contributed by atoms with van der Waals surface area (Å²) in [5, 5.41) is 0.530. The van der Waals surface area contributed by atoms with E-state index in [0.29, 0.717) is 33.7 Å². The third kappa shape index (κ3) is 3.59. The topological polar surface area (TPSA) is 81.1 Å². The van der Waals surface area contributed by atoms with Gasteiger partial charge in [-0.05, 0) is 68.8 Å². The third-order valence-corrected chi connectivity index (χ3v) is 6.48. The highest BCUT2D eigenvalue weighted by Crippen LogP contribution is 2.21. The van der Waals surface area contributed by atoms with Gasteiger partial charge in [0.05, 0.1) is 21.5 Å². The molecule has 0 radical (unpaired) electrons. The van der Waals surface area contributed by atoms with Gasteiger partial charge in [-0.25, -0.2) is 13.4 Å². The second-order valence-electron chi connectivity index (χ2n) is 7.24. The van der Waals surface area contributed by atoms with E-state index in [-0.39, 0.29) is 10.5 Å². The Hall–Kier alpha value is -3.45. The van der Waals surface area contributed by atoms with Gasteiger partial charge in [0.1, 0.15) is 5.82 Å². The zero-order chi connectivity index (χ0) is 21.5. The fourth-order valence-electron chi connectivity index (χ4n) is 3.54. The maximum absolute atomic E-state index is 12.9. The van der Waals surface area contributed by atoms with Crippen LogP contribution < -0.4 is 10.3 Å². The summed E-state index contributed by atoms with van der Waals surface area (Å²) in [7, 11) is -3.71. The van der Waals surface area contributed by atoms with Gasteiger partial charge < -0.3 is 0 Å². The van der Waals surface area contributed by atoms with Gasteiger partial charge in [-0.1, -0.05) is 29.8 Å². The van der Waals surface area contributed by atoms with Crippen LogP contribution >= 0.6 is 0 Å². The lowest BCUT2D eigenvalue weighted by Crippen LogP contribution is -2.22. The number of nitrogens with one attached hydrogen (secondary N) is 1. The fourth-order valence-corrected chi connectivity index (χ4v) is 4.82. The molecule has 7 heteroatoms. The lowest BCUT2D eigenvalue weighted by molar-refractivity contribution is 0.600. The highest BCUT2D eigenvalue weighted by Gasteiger charge is 2.17. The first-order chi connectivity index (χ1) is 14.3. The molecule has 152 valence electrons. The Balaban J connectivity index is 1.69. The molecule has 0 unspecified atom stereocenters. The van der Waals surface area contributed by atoms with Crippen LogP contribution in [0.3, 0.4) is 0 Å². The number of para-hydroxylation sites is 1. The Bertz CT molecular complexity index is 1420. The molecule has 1 aromatic heterocycles. The van der Waals surface area contributed by atoms with E-state index in [1.165, 1.54) is 4.57 Å². The molecular weight excluding hydrogens is 398 g/mol. The van der Waals surface area contributed by atoms with Crippen molar-refractivity contribution < 1.29 is 8.42 Å². The number of rotatable bonds is 4. The molecule has 0 aliphatic carbocycles. The van der Waals surface area contributed by atoms with Crippen LogP contribution in [0.1, 0.15) is 17.0 Å². The van der Waals surface area contributed by atoms with Crippen molar-refractivity contribution in [3.8, 4) is 5.69 Å². The van der Waals surface area contributed by atoms with Crippen molar-refractivity contribution in [3.63, 3.8) is 0 Å². The second kappa shape index (κ2) is 7.42. The summed E-state index contributed by atoms with van der Waals surface area (Å²) < 4.78 is 29.7. The van der Waals surface area contributed by atoms with E-state index in [1.807, 2.05) is 19.1 Å².